The number of H-pyrrole nitrogens is 1. The minimum absolute atomic E-state index is 0.0657. The Kier molecular flexibility index (Phi) is 4.32. The van der Waals surface area contributed by atoms with Crippen molar-refractivity contribution in [3.8, 4) is 11.1 Å². The van der Waals surface area contributed by atoms with Crippen LogP contribution in [-0.2, 0) is 6.42 Å². The van der Waals surface area contributed by atoms with Gasteiger partial charge in [-0.1, -0.05) is 18.2 Å². The van der Waals surface area contributed by atoms with Gasteiger partial charge in [-0.05, 0) is 37.0 Å². The third-order valence-electron chi connectivity index (χ3n) is 3.86. The predicted molar refractivity (Wildman–Crippen MR) is 94.2 cm³/mol. The van der Waals surface area contributed by atoms with Crippen molar-refractivity contribution in [2.75, 3.05) is 5.88 Å². The van der Waals surface area contributed by atoms with Crippen molar-refractivity contribution < 1.29 is 0 Å². The van der Waals surface area contributed by atoms with E-state index in [1.54, 1.807) is 0 Å². The summed E-state index contributed by atoms with van der Waals surface area (Å²) in [6.45, 7) is 4.17. The summed E-state index contributed by atoms with van der Waals surface area (Å²) in [5.41, 5.74) is 4.43. The Bertz CT molecular complexity index is 882. The van der Waals surface area contributed by atoms with Crippen LogP contribution in [0.1, 0.15) is 23.4 Å². The molecule has 2 aromatic heterocycles. The minimum Gasteiger partial charge on any atom is -0.310 e. The standard InChI is InChI=1S/C17H17ClN2OS/c1-10-5-6-12(8-11(10)2)13-9-22-17-15(13)16(21)19-14(20-17)4-3-7-18/h5-6,8-9H,3-4,7H2,1-2H3,(H,19,20,21). The molecule has 0 aliphatic carbocycles. The molecule has 2 heterocycles. The second kappa shape index (κ2) is 6.23. The first kappa shape index (κ1) is 15.3. The summed E-state index contributed by atoms with van der Waals surface area (Å²) in [4.78, 5) is 20.7. The van der Waals surface area contributed by atoms with Gasteiger partial charge in [-0.15, -0.1) is 22.9 Å². The van der Waals surface area contributed by atoms with Crippen molar-refractivity contribution >= 4 is 33.2 Å². The summed E-state index contributed by atoms with van der Waals surface area (Å²) in [6.07, 6.45) is 1.51. The molecule has 0 aliphatic heterocycles. The lowest BCUT2D eigenvalue weighted by atomic mass is 10.0. The molecule has 3 nitrogen and oxygen atoms in total. The summed E-state index contributed by atoms with van der Waals surface area (Å²) in [5.74, 6) is 1.28. The van der Waals surface area contributed by atoms with Crippen molar-refractivity contribution in [2.24, 2.45) is 0 Å². The fourth-order valence-electron chi connectivity index (χ4n) is 2.47. The zero-order chi connectivity index (χ0) is 15.7. The maximum Gasteiger partial charge on any atom is 0.260 e. The molecule has 0 unspecified atom stereocenters. The molecular formula is C17H17ClN2OS. The van der Waals surface area contributed by atoms with Crippen molar-refractivity contribution in [1.82, 2.24) is 9.97 Å². The van der Waals surface area contributed by atoms with E-state index in [0.717, 1.165) is 22.4 Å². The zero-order valence-electron chi connectivity index (χ0n) is 12.6. The van der Waals surface area contributed by atoms with E-state index < -0.39 is 0 Å². The van der Waals surface area contributed by atoms with Gasteiger partial charge in [0.25, 0.3) is 5.56 Å². The molecular weight excluding hydrogens is 316 g/mol. The van der Waals surface area contributed by atoms with Crippen LogP contribution >= 0.6 is 22.9 Å². The maximum absolute atomic E-state index is 12.4. The molecule has 0 spiro atoms. The number of fused-ring (bicyclic) bond motifs is 1. The molecule has 0 atom stereocenters. The number of nitrogens with one attached hydrogen (secondary N) is 1. The fraction of sp³-hybridized carbons (Fsp3) is 0.294. The Hall–Kier alpha value is -1.65. The van der Waals surface area contributed by atoms with E-state index in [9.17, 15) is 4.79 Å². The van der Waals surface area contributed by atoms with E-state index in [2.05, 4.69) is 42.0 Å². The van der Waals surface area contributed by atoms with Crippen LogP contribution in [0.15, 0.2) is 28.4 Å². The molecule has 0 saturated heterocycles. The quantitative estimate of drug-likeness (QED) is 0.718. The summed E-state index contributed by atoms with van der Waals surface area (Å²) >= 11 is 7.22. The van der Waals surface area contributed by atoms with Gasteiger partial charge in [0.2, 0.25) is 0 Å². The van der Waals surface area contributed by atoms with E-state index >= 15 is 0 Å². The van der Waals surface area contributed by atoms with E-state index in [1.165, 1.54) is 22.5 Å². The number of hydrogen-bond donors (Lipinski definition) is 1. The SMILES string of the molecule is Cc1ccc(-c2csc3nc(CCCCl)[nH]c(=O)c23)cc1C. The number of thiophene rings is 1. The molecule has 0 amide bonds. The van der Waals surface area contributed by atoms with Crippen molar-refractivity contribution in [3.63, 3.8) is 0 Å². The molecule has 5 heteroatoms. The highest BCUT2D eigenvalue weighted by atomic mass is 35.5. The van der Waals surface area contributed by atoms with Gasteiger partial charge in [-0.2, -0.15) is 0 Å². The number of nitrogens with zero attached hydrogens (tertiary/aromatic N) is 1. The van der Waals surface area contributed by atoms with Gasteiger partial charge in [-0.3, -0.25) is 4.79 Å². The summed E-state index contributed by atoms with van der Waals surface area (Å²) in [7, 11) is 0. The zero-order valence-corrected chi connectivity index (χ0v) is 14.1. The normalized spacial score (nSPS) is 11.2. The Morgan fingerprint density at radius 1 is 1.27 bits per heavy atom. The molecule has 1 aromatic carbocycles. The second-order valence-corrected chi connectivity index (χ2v) is 6.67. The van der Waals surface area contributed by atoms with E-state index in [1.807, 2.05) is 5.38 Å². The van der Waals surface area contributed by atoms with Crippen molar-refractivity contribution in [2.45, 2.75) is 26.7 Å². The number of halogens is 1. The van der Waals surface area contributed by atoms with Crippen LogP contribution in [0.5, 0.6) is 0 Å². The minimum atomic E-state index is -0.0657. The van der Waals surface area contributed by atoms with Crippen LogP contribution < -0.4 is 5.56 Å². The van der Waals surface area contributed by atoms with Crippen LogP contribution in [0.4, 0.5) is 0 Å². The maximum atomic E-state index is 12.4. The highest BCUT2D eigenvalue weighted by Gasteiger charge is 2.13. The molecule has 0 radical (unpaired) electrons. The Balaban J connectivity index is 2.12. The topological polar surface area (TPSA) is 45.8 Å². The van der Waals surface area contributed by atoms with Gasteiger partial charge in [-0.25, -0.2) is 4.98 Å². The summed E-state index contributed by atoms with van der Waals surface area (Å²) < 4.78 is 0. The van der Waals surface area contributed by atoms with Crippen molar-refractivity contribution in [1.29, 1.82) is 0 Å². The van der Waals surface area contributed by atoms with Crippen LogP contribution in [-0.4, -0.2) is 15.8 Å². The number of benzene rings is 1. The Labute approximate surface area is 138 Å². The first-order chi connectivity index (χ1) is 10.6. The number of aromatic amines is 1. The lowest BCUT2D eigenvalue weighted by Crippen LogP contribution is -2.11. The Morgan fingerprint density at radius 3 is 2.82 bits per heavy atom. The average Bonchev–Trinajstić information content (AvgIpc) is 2.92. The molecule has 3 rings (SSSR count). The smallest absolute Gasteiger partial charge is 0.260 e. The van der Waals surface area contributed by atoms with Gasteiger partial charge < -0.3 is 4.98 Å². The first-order valence-electron chi connectivity index (χ1n) is 7.24. The molecule has 0 aliphatic rings. The molecule has 114 valence electrons. The molecule has 0 bridgehead atoms. The molecule has 3 aromatic rings. The fourth-order valence-corrected chi connectivity index (χ4v) is 3.57. The largest absolute Gasteiger partial charge is 0.310 e. The van der Waals surface area contributed by atoms with E-state index in [4.69, 9.17) is 11.6 Å². The van der Waals surface area contributed by atoms with Gasteiger partial charge >= 0.3 is 0 Å². The second-order valence-electron chi connectivity index (χ2n) is 5.43. The lowest BCUT2D eigenvalue weighted by Gasteiger charge is -2.04. The Morgan fingerprint density at radius 2 is 2.09 bits per heavy atom. The van der Waals surface area contributed by atoms with Gasteiger partial charge in [0.15, 0.2) is 0 Å². The number of aromatic nitrogens is 2. The van der Waals surface area contributed by atoms with Gasteiger partial charge in [0, 0.05) is 23.2 Å². The molecule has 1 N–H and O–H groups in total. The number of rotatable bonds is 4. The monoisotopic (exact) mass is 332 g/mol. The number of alkyl halides is 1. The third-order valence-corrected chi connectivity index (χ3v) is 5.00. The van der Waals surface area contributed by atoms with E-state index in [-0.39, 0.29) is 5.56 Å². The first-order valence-corrected chi connectivity index (χ1v) is 8.65. The molecule has 22 heavy (non-hydrogen) atoms. The van der Waals surface area contributed by atoms with Gasteiger partial charge in [0.1, 0.15) is 10.7 Å². The lowest BCUT2D eigenvalue weighted by molar-refractivity contribution is 0.843. The van der Waals surface area contributed by atoms with E-state index in [0.29, 0.717) is 23.5 Å². The van der Waals surface area contributed by atoms with Crippen LogP contribution in [0.3, 0.4) is 0 Å². The third kappa shape index (κ3) is 2.81. The summed E-state index contributed by atoms with van der Waals surface area (Å²) in [6, 6.07) is 6.27. The highest BCUT2D eigenvalue weighted by Crippen LogP contribution is 2.31. The molecule has 0 fully saturated rings. The van der Waals surface area contributed by atoms with Crippen molar-refractivity contribution in [3.05, 3.63) is 50.9 Å². The van der Waals surface area contributed by atoms with Crippen LogP contribution in [0.2, 0.25) is 0 Å². The number of aryl methyl sites for hydroxylation is 3. The summed E-state index contributed by atoms with van der Waals surface area (Å²) in [5, 5.41) is 2.70. The highest BCUT2D eigenvalue weighted by molar-refractivity contribution is 7.17. The average molecular weight is 333 g/mol. The van der Waals surface area contributed by atoms with Crippen LogP contribution in [0.25, 0.3) is 21.3 Å². The van der Waals surface area contributed by atoms with Crippen LogP contribution in [0, 0.1) is 13.8 Å². The number of hydrogen-bond acceptors (Lipinski definition) is 3. The molecule has 0 saturated carbocycles. The predicted octanol–water partition coefficient (Wildman–Crippen LogP) is 4.44. The van der Waals surface area contributed by atoms with Gasteiger partial charge in [0.05, 0.1) is 5.39 Å².